The number of H-pyrrole nitrogens is 1. The highest BCUT2D eigenvalue weighted by Crippen LogP contribution is 2.24. The topological polar surface area (TPSA) is 101 Å². The quantitative estimate of drug-likeness (QED) is 0.593. The van der Waals surface area contributed by atoms with Gasteiger partial charge in [0.05, 0.1) is 24.0 Å². The minimum atomic E-state index is -1.08. The predicted molar refractivity (Wildman–Crippen MR) is 93.3 cm³/mol. The van der Waals surface area contributed by atoms with Crippen molar-refractivity contribution in [1.29, 1.82) is 0 Å². The molecule has 4 aromatic heterocycles. The number of nitrogens with zero attached hydrogens (tertiary/aromatic N) is 5. The van der Waals surface area contributed by atoms with Gasteiger partial charge in [0, 0.05) is 6.20 Å². The number of hydrogen-bond acceptors (Lipinski definition) is 5. The van der Waals surface area contributed by atoms with Gasteiger partial charge in [-0.2, -0.15) is 0 Å². The molecule has 0 spiro atoms. The lowest BCUT2D eigenvalue weighted by Crippen LogP contribution is -2.36. The number of hydrogen-bond donors (Lipinski definition) is 2. The summed E-state index contributed by atoms with van der Waals surface area (Å²) in [6, 6.07) is 5.24. The van der Waals surface area contributed by atoms with Crippen LogP contribution in [0.5, 0.6) is 0 Å². The molecule has 8 heteroatoms. The van der Waals surface area contributed by atoms with Crippen LogP contribution in [0, 0.1) is 0 Å². The normalized spacial score (nSPS) is 13.6. The lowest BCUT2D eigenvalue weighted by molar-refractivity contribution is 0.0306. The van der Waals surface area contributed by atoms with Crippen molar-refractivity contribution in [3.8, 4) is 11.5 Å². The number of imidazole rings is 2. The molecule has 0 unspecified atom stereocenters. The van der Waals surface area contributed by atoms with E-state index in [1.165, 1.54) is 4.57 Å². The first kappa shape index (κ1) is 15.5. The van der Waals surface area contributed by atoms with Gasteiger partial charge in [-0.25, -0.2) is 19.7 Å². The van der Waals surface area contributed by atoms with Crippen molar-refractivity contribution in [2.24, 2.45) is 0 Å². The first-order valence-electron chi connectivity index (χ1n) is 7.98. The summed E-state index contributed by atoms with van der Waals surface area (Å²) in [4.78, 5) is 28.4. The molecule has 25 heavy (non-hydrogen) atoms. The lowest BCUT2D eigenvalue weighted by atomic mass is 10.0. The maximum atomic E-state index is 12.3. The molecule has 0 amide bonds. The first-order valence-corrected chi connectivity index (χ1v) is 7.98. The highest BCUT2D eigenvalue weighted by Gasteiger charge is 2.28. The Morgan fingerprint density at radius 3 is 2.80 bits per heavy atom. The highest BCUT2D eigenvalue weighted by atomic mass is 16.3. The lowest BCUT2D eigenvalue weighted by Gasteiger charge is -2.26. The molecule has 4 heterocycles. The number of aromatic amines is 1. The number of nitrogens with one attached hydrogen (secondary N) is 1. The summed E-state index contributed by atoms with van der Waals surface area (Å²) in [7, 11) is 0. The van der Waals surface area contributed by atoms with Crippen LogP contribution < -0.4 is 5.69 Å². The fourth-order valence-electron chi connectivity index (χ4n) is 2.81. The van der Waals surface area contributed by atoms with E-state index in [1.807, 2.05) is 28.8 Å². The van der Waals surface area contributed by atoms with Crippen molar-refractivity contribution in [3.63, 3.8) is 0 Å². The van der Waals surface area contributed by atoms with Crippen LogP contribution in [0.3, 0.4) is 0 Å². The maximum Gasteiger partial charge on any atom is 0.328 e. The van der Waals surface area contributed by atoms with Crippen LogP contribution in [0.1, 0.15) is 26.8 Å². The van der Waals surface area contributed by atoms with E-state index in [0.717, 1.165) is 11.3 Å². The number of fused-ring (bicyclic) bond motifs is 2. The van der Waals surface area contributed by atoms with Crippen LogP contribution in [-0.2, 0) is 0 Å². The minimum Gasteiger partial charge on any atom is -0.388 e. The maximum absolute atomic E-state index is 12.3. The summed E-state index contributed by atoms with van der Waals surface area (Å²) in [5.74, 6) is 0.460. The Kier molecular flexibility index (Phi) is 3.26. The van der Waals surface area contributed by atoms with Gasteiger partial charge in [-0.15, -0.1) is 0 Å². The number of pyridine rings is 1. The van der Waals surface area contributed by atoms with Crippen molar-refractivity contribution in [2.45, 2.75) is 32.4 Å². The van der Waals surface area contributed by atoms with E-state index < -0.39 is 11.6 Å². The third kappa shape index (κ3) is 2.42. The van der Waals surface area contributed by atoms with Gasteiger partial charge >= 0.3 is 5.69 Å². The van der Waals surface area contributed by atoms with Crippen molar-refractivity contribution < 1.29 is 5.11 Å². The molecular formula is C17H18N6O2. The van der Waals surface area contributed by atoms with Gasteiger partial charge in [0.2, 0.25) is 0 Å². The van der Waals surface area contributed by atoms with Crippen LogP contribution in [0.25, 0.3) is 28.3 Å². The van der Waals surface area contributed by atoms with E-state index in [4.69, 9.17) is 0 Å². The Morgan fingerprint density at radius 2 is 2.04 bits per heavy atom. The minimum absolute atomic E-state index is 0.325. The van der Waals surface area contributed by atoms with Crippen molar-refractivity contribution in [2.75, 3.05) is 0 Å². The average molecular weight is 338 g/mol. The van der Waals surface area contributed by atoms with Gasteiger partial charge in [0.25, 0.3) is 0 Å². The van der Waals surface area contributed by atoms with E-state index >= 15 is 0 Å². The summed E-state index contributed by atoms with van der Waals surface area (Å²) < 4.78 is 3.35. The molecular weight excluding hydrogens is 320 g/mol. The molecule has 0 aliphatic heterocycles. The zero-order valence-corrected chi connectivity index (χ0v) is 14.1. The van der Waals surface area contributed by atoms with Crippen LogP contribution in [0.4, 0.5) is 0 Å². The molecule has 128 valence electrons. The predicted octanol–water partition coefficient (Wildman–Crippen LogP) is 1.77. The fraction of sp³-hybridized carbons (Fsp3) is 0.294. The molecule has 0 radical (unpaired) electrons. The standard InChI is InChI=1S/C17H18N6O2/c1-10(17(2,3)25)23-15-11(20-16(23)24)8-19-14(21-15)12-9-18-13-6-4-5-7-22(12)13/h4-10,25H,1-3H3,(H,20,24)/t10-/m0/s1. The van der Waals surface area contributed by atoms with E-state index in [1.54, 1.807) is 33.2 Å². The molecule has 0 aliphatic carbocycles. The van der Waals surface area contributed by atoms with E-state index in [-0.39, 0.29) is 5.69 Å². The number of aromatic nitrogens is 6. The van der Waals surface area contributed by atoms with Gasteiger partial charge in [0.15, 0.2) is 11.5 Å². The second-order valence-corrected chi connectivity index (χ2v) is 6.63. The fourth-order valence-corrected chi connectivity index (χ4v) is 2.81. The Bertz CT molecular complexity index is 1130. The smallest absolute Gasteiger partial charge is 0.328 e. The molecule has 2 N–H and O–H groups in total. The number of aliphatic hydroxyl groups is 1. The Labute approximate surface area is 142 Å². The van der Waals surface area contributed by atoms with E-state index in [9.17, 15) is 9.90 Å². The van der Waals surface area contributed by atoms with Crippen LogP contribution in [0.15, 0.2) is 41.6 Å². The molecule has 4 rings (SSSR count). The van der Waals surface area contributed by atoms with E-state index in [0.29, 0.717) is 17.0 Å². The van der Waals surface area contributed by atoms with Gasteiger partial charge in [-0.3, -0.25) is 8.97 Å². The van der Waals surface area contributed by atoms with Crippen molar-refractivity contribution in [1.82, 2.24) is 28.9 Å². The third-order valence-corrected chi connectivity index (χ3v) is 4.51. The summed E-state index contributed by atoms with van der Waals surface area (Å²) in [6.07, 6.45) is 5.16. The van der Waals surface area contributed by atoms with Gasteiger partial charge in [-0.1, -0.05) is 6.07 Å². The Hall–Kier alpha value is -3.00. The molecule has 0 aliphatic rings. The molecule has 0 bridgehead atoms. The largest absolute Gasteiger partial charge is 0.388 e. The zero-order valence-electron chi connectivity index (χ0n) is 14.1. The van der Waals surface area contributed by atoms with Gasteiger partial charge in [0.1, 0.15) is 16.9 Å². The summed E-state index contributed by atoms with van der Waals surface area (Å²) in [6.45, 7) is 5.11. The van der Waals surface area contributed by atoms with Crippen LogP contribution >= 0.6 is 0 Å². The van der Waals surface area contributed by atoms with Crippen LogP contribution in [0.2, 0.25) is 0 Å². The monoisotopic (exact) mass is 338 g/mol. The molecule has 0 saturated heterocycles. The first-order chi connectivity index (χ1) is 11.9. The zero-order chi connectivity index (χ0) is 17.8. The molecule has 0 fully saturated rings. The third-order valence-electron chi connectivity index (χ3n) is 4.51. The van der Waals surface area contributed by atoms with Gasteiger partial charge < -0.3 is 10.1 Å². The van der Waals surface area contributed by atoms with E-state index in [2.05, 4.69) is 19.9 Å². The molecule has 0 saturated carbocycles. The Balaban J connectivity index is 1.95. The number of rotatable bonds is 3. The van der Waals surface area contributed by atoms with Crippen molar-refractivity contribution >= 4 is 16.8 Å². The molecule has 8 nitrogen and oxygen atoms in total. The van der Waals surface area contributed by atoms with Crippen molar-refractivity contribution in [3.05, 3.63) is 47.3 Å². The molecule has 0 aromatic carbocycles. The molecule has 4 aromatic rings. The summed E-state index contributed by atoms with van der Waals surface area (Å²) in [5.41, 5.74) is 1.10. The summed E-state index contributed by atoms with van der Waals surface area (Å²) >= 11 is 0. The second kappa shape index (κ2) is 5.25. The average Bonchev–Trinajstić information content (AvgIpc) is 3.12. The second-order valence-electron chi connectivity index (χ2n) is 6.63. The molecule has 1 atom stereocenters. The SMILES string of the molecule is C[C@H](n1c(=O)[nH]c2cnc(-c3cnc4ccccn34)nc21)C(C)(C)O. The van der Waals surface area contributed by atoms with Crippen LogP contribution in [-0.4, -0.2) is 39.6 Å². The Morgan fingerprint density at radius 1 is 1.24 bits per heavy atom. The highest BCUT2D eigenvalue weighted by molar-refractivity contribution is 5.72. The van der Waals surface area contributed by atoms with Gasteiger partial charge in [-0.05, 0) is 32.9 Å². The summed E-state index contributed by atoms with van der Waals surface area (Å²) in [5, 5.41) is 10.3.